The maximum absolute atomic E-state index is 12.6. The van der Waals surface area contributed by atoms with Crippen LogP contribution in [0.4, 0.5) is 11.4 Å². The van der Waals surface area contributed by atoms with E-state index >= 15 is 0 Å². The molecule has 0 saturated heterocycles. The van der Waals surface area contributed by atoms with Crippen LogP contribution < -0.4 is 10.6 Å². The highest BCUT2D eigenvalue weighted by Crippen LogP contribution is 2.25. The smallest absolute Gasteiger partial charge is 0.244 e. The van der Waals surface area contributed by atoms with Crippen molar-refractivity contribution in [3.8, 4) is 11.4 Å². The van der Waals surface area contributed by atoms with Gasteiger partial charge in [0.15, 0.2) is 0 Å². The summed E-state index contributed by atoms with van der Waals surface area (Å²) in [7, 11) is 1.70. The lowest BCUT2D eigenvalue weighted by atomic mass is 10.2. The van der Waals surface area contributed by atoms with Gasteiger partial charge in [0.25, 0.3) is 0 Å². The van der Waals surface area contributed by atoms with Gasteiger partial charge < -0.3 is 15.2 Å². The van der Waals surface area contributed by atoms with Crippen LogP contribution in [0.15, 0.2) is 54.7 Å². The number of carbonyl (C=O) groups is 2. The first-order valence-corrected chi connectivity index (χ1v) is 8.99. The molecule has 0 aliphatic rings. The van der Waals surface area contributed by atoms with Crippen molar-refractivity contribution in [3.63, 3.8) is 0 Å². The van der Waals surface area contributed by atoms with E-state index in [0.717, 1.165) is 22.2 Å². The highest BCUT2D eigenvalue weighted by molar-refractivity contribution is 6.01. The normalized spacial score (nSPS) is 10.8. The van der Waals surface area contributed by atoms with Crippen LogP contribution in [0.3, 0.4) is 0 Å². The molecule has 2 aromatic heterocycles. The largest absolute Gasteiger partial charge is 0.338 e. The van der Waals surface area contributed by atoms with Crippen molar-refractivity contribution in [2.24, 2.45) is 7.05 Å². The summed E-state index contributed by atoms with van der Waals surface area (Å²) in [6.07, 6.45) is 1.83. The molecule has 2 aromatic carbocycles. The van der Waals surface area contributed by atoms with Crippen LogP contribution in [-0.4, -0.2) is 36.6 Å². The maximum Gasteiger partial charge on any atom is 0.244 e. The third kappa shape index (κ3) is 3.98. The van der Waals surface area contributed by atoms with E-state index in [2.05, 4.69) is 26.0 Å². The van der Waals surface area contributed by atoms with E-state index in [1.54, 1.807) is 19.2 Å². The zero-order chi connectivity index (χ0) is 20.4. The number of rotatable bonds is 5. The first-order valence-electron chi connectivity index (χ1n) is 8.99. The van der Waals surface area contributed by atoms with Gasteiger partial charge in [-0.2, -0.15) is 4.80 Å². The molecule has 9 heteroatoms. The number of amides is 2. The minimum Gasteiger partial charge on any atom is -0.338 e. The number of anilines is 2. The van der Waals surface area contributed by atoms with E-state index in [4.69, 9.17) is 0 Å². The number of aryl methyl sites for hydroxylation is 1. The Bertz CT molecular complexity index is 1210. The van der Waals surface area contributed by atoms with Crippen LogP contribution in [0, 0.1) is 0 Å². The number of carbonyl (C=O) groups excluding carboxylic acids is 2. The molecule has 29 heavy (non-hydrogen) atoms. The minimum atomic E-state index is -0.170. The molecule has 2 heterocycles. The number of aromatic nitrogens is 5. The fourth-order valence-corrected chi connectivity index (χ4v) is 3.15. The molecule has 4 aromatic rings. The highest BCUT2D eigenvalue weighted by Gasteiger charge is 2.11. The summed E-state index contributed by atoms with van der Waals surface area (Å²) in [5, 5.41) is 18.6. The van der Waals surface area contributed by atoms with E-state index in [9.17, 15) is 9.59 Å². The second kappa shape index (κ2) is 7.55. The van der Waals surface area contributed by atoms with Gasteiger partial charge in [0.1, 0.15) is 6.54 Å². The Kier molecular flexibility index (Phi) is 4.78. The van der Waals surface area contributed by atoms with Gasteiger partial charge in [0.2, 0.25) is 17.6 Å². The minimum absolute atomic E-state index is 0.138. The monoisotopic (exact) mass is 389 g/mol. The first kappa shape index (κ1) is 18.4. The Morgan fingerprint density at radius 1 is 1.07 bits per heavy atom. The van der Waals surface area contributed by atoms with Gasteiger partial charge >= 0.3 is 0 Å². The predicted octanol–water partition coefficient (Wildman–Crippen LogP) is 2.43. The number of tetrazole rings is 1. The van der Waals surface area contributed by atoms with Crippen molar-refractivity contribution in [1.29, 1.82) is 0 Å². The molecule has 0 unspecified atom stereocenters. The molecule has 2 N–H and O–H groups in total. The van der Waals surface area contributed by atoms with Crippen molar-refractivity contribution < 1.29 is 9.59 Å². The topological polar surface area (TPSA) is 107 Å². The lowest BCUT2D eigenvalue weighted by molar-refractivity contribution is -0.116. The van der Waals surface area contributed by atoms with Crippen molar-refractivity contribution in [1.82, 2.24) is 24.8 Å². The number of nitrogens with zero attached hydrogens (tertiary/aromatic N) is 5. The third-order valence-electron chi connectivity index (χ3n) is 4.35. The molecule has 0 bridgehead atoms. The number of fused-ring (bicyclic) bond motifs is 1. The lowest BCUT2D eigenvalue weighted by Crippen LogP contribution is -2.18. The van der Waals surface area contributed by atoms with E-state index < -0.39 is 0 Å². The van der Waals surface area contributed by atoms with Crippen LogP contribution in [0.25, 0.3) is 22.3 Å². The molecule has 4 rings (SSSR count). The van der Waals surface area contributed by atoms with Crippen LogP contribution >= 0.6 is 0 Å². The molecule has 0 spiro atoms. The van der Waals surface area contributed by atoms with E-state index in [-0.39, 0.29) is 18.4 Å². The van der Waals surface area contributed by atoms with Crippen LogP contribution in [0.1, 0.15) is 6.92 Å². The summed E-state index contributed by atoms with van der Waals surface area (Å²) >= 11 is 0. The van der Waals surface area contributed by atoms with E-state index in [1.165, 1.54) is 11.7 Å². The Labute approximate surface area is 166 Å². The molecule has 2 amide bonds. The number of hydrogen-bond acceptors (Lipinski definition) is 5. The zero-order valence-electron chi connectivity index (χ0n) is 16.0. The second-order valence-corrected chi connectivity index (χ2v) is 6.59. The number of benzene rings is 2. The molecule has 0 fully saturated rings. The maximum atomic E-state index is 12.6. The Balaban J connectivity index is 1.51. The van der Waals surface area contributed by atoms with Crippen molar-refractivity contribution >= 4 is 34.1 Å². The number of hydrogen-bond donors (Lipinski definition) is 2. The summed E-state index contributed by atoms with van der Waals surface area (Å²) in [5.41, 5.74) is 3.00. The number of nitrogens with one attached hydrogen (secondary N) is 2. The van der Waals surface area contributed by atoms with Gasteiger partial charge in [-0.3, -0.25) is 9.59 Å². The van der Waals surface area contributed by atoms with E-state index in [1.807, 2.05) is 47.2 Å². The van der Waals surface area contributed by atoms with Gasteiger partial charge in [-0.1, -0.05) is 18.2 Å². The summed E-state index contributed by atoms with van der Waals surface area (Å²) in [5.74, 6) is 0.183. The van der Waals surface area contributed by atoms with Crippen LogP contribution in [-0.2, 0) is 23.2 Å². The fourth-order valence-electron chi connectivity index (χ4n) is 3.15. The van der Waals surface area contributed by atoms with Gasteiger partial charge in [0.05, 0.1) is 18.3 Å². The van der Waals surface area contributed by atoms with Gasteiger partial charge in [-0.05, 0) is 35.5 Å². The van der Waals surface area contributed by atoms with Crippen LogP contribution in [0.2, 0.25) is 0 Å². The standard InChI is InChI=1S/C20H19N7O2/c1-13(28)21-17-7-4-8-18-16(17)9-10-27(18)12-19(29)22-15-6-3-5-14(11-15)20-23-25-26(2)24-20/h3-11H,12H2,1-2H3,(H,21,28)(H,22,29). The van der Waals surface area contributed by atoms with Crippen LogP contribution in [0.5, 0.6) is 0 Å². The van der Waals surface area contributed by atoms with Gasteiger partial charge in [0, 0.05) is 29.8 Å². The quantitative estimate of drug-likeness (QED) is 0.545. The molecule has 0 aliphatic carbocycles. The summed E-state index contributed by atoms with van der Waals surface area (Å²) in [4.78, 5) is 25.4. The van der Waals surface area contributed by atoms with Crippen molar-refractivity contribution in [2.75, 3.05) is 10.6 Å². The lowest BCUT2D eigenvalue weighted by Gasteiger charge is -2.09. The van der Waals surface area contributed by atoms with Crippen molar-refractivity contribution in [2.45, 2.75) is 13.5 Å². The Morgan fingerprint density at radius 2 is 1.90 bits per heavy atom. The molecule has 146 valence electrons. The molecular formula is C20H19N7O2. The Hall–Kier alpha value is -4.01. The molecule has 0 aliphatic heterocycles. The summed E-state index contributed by atoms with van der Waals surface area (Å²) in [6, 6.07) is 14.8. The Morgan fingerprint density at radius 3 is 2.66 bits per heavy atom. The van der Waals surface area contributed by atoms with E-state index in [0.29, 0.717) is 11.5 Å². The zero-order valence-corrected chi connectivity index (χ0v) is 16.0. The third-order valence-corrected chi connectivity index (χ3v) is 4.35. The second-order valence-electron chi connectivity index (χ2n) is 6.59. The summed E-state index contributed by atoms with van der Waals surface area (Å²) in [6.45, 7) is 1.61. The predicted molar refractivity (Wildman–Crippen MR) is 109 cm³/mol. The highest BCUT2D eigenvalue weighted by atomic mass is 16.2. The fraction of sp³-hybridized carbons (Fsp3) is 0.150. The first-order chi connectivity index (χ1) is 14.0. The van der Waals surface area contributed by atoms with Gasteiger partial charge in [-0.15, -0.1) is 10.2 Å². The van der Waals surface area contributed by atoms with Gasteiger partial charge in [-0.25, -0.2) is 0 Å². The molecular weight excluding hydrogens is 370 g/mol. The SMILES string of the molecule is CC(=O)Nc1cccc2c1ccn2CC(=O)Nc1cccc(-c2nnn(C)n2)c1. The molecule has 0 saturated carbocycles. The van der Waals surface area contributed by atoms with Crippen molar-refractivity contribution in [3.05, 3.63) is 54.7 Å². The molecule has 0 radical (unpaired) electrons. The molecule has 9 nitrogen and oxygen atoms in total. The average molecular weight is 389 g/mol. The molecule has 0 atom stereocenters. The summed E-state index contributed by atoms with van der Waals surface area (Å²) < 4.78 is 1.84. The average Bonchev–Trinajstić information content (AvgIpc) is 3.29.